The monoisotopic (exact) mass is 552 g/mol. The van der Waals surface area contributed by atoms with Crippen LogP contribution in [0.3, 0.4) is 0 Å². The molecule has 2 heterocycles. The zero-order valence-electron chi connectivity index (χ0n) is 31.1. The smallest absolute Gasteiger partial charge is 0.227 e. The van der Waals surface area contributed by atoms with E-state index < -0.39 is 36.3 Å². The highest BCUT2D eigenvalue weighted by Crippen LogP contribution is 2.51. The van der Waals surface area contributed by atoms with Gasteiger partial charge in [-0.05, 0) is 66.0 Å². The van der Waals surface area contributed by atoms with Crippen LogP contribution in [0, 0.1) is 0 Å². The van der Waals surface area contributed by atoms with Crippen molar-refractivity contribution in [1.29, 1.82) is 0 Å². The molecule has 0 N–H and O–H groups in total. The molecule has 0 radical (unpaired) electrons. The highest BCUT2D eigenvalue weighted by Gasteiger charge is 2.29. The molecule has 0 fully saturated rings. The number of hydrogen-bond acceptors (Lipinski definition) is 4. The van der Waals surface area contributed by atoms with E-state index in [2.05, 4.69) is 17.1 Å². The second-order valence-corrected chi connectivity index (χ2v) is 10.7. The van der Waals surface area contributed by atoms with Crippen LogP contribution >= 0.6 is 11.3 Å². The van der Waals surface area contributed by atoms with Crippen molar-refractivity contribution >= 4 is 59.3 Å². The van der Waals surface area contributed by atoms with Crippen molar-refractivity contribution in [2.75, 3.05) is 4.90 Å². The highest BCUT2D eigenvalue weighted by atomic mass is 32.1. The fourth-order valence-electron chi connectivity index (χ4n) is 5.50. The lowest BCUT2D eigenvalue weighted by Gasteiger charge is -2.26. The van der Waals surface area contributed by atoms with Crippen molar-refractivity contribution in [3.05, 3.63) is 133 Å². The zero-order chi connectivity index (χ0) is 35.6. The van der Waals surface area contributed by atoms with Gasteiger partial charge in [0.05, 0.1) is 13.7 Å². The number of oxazole rings is 1. The minimum atomic E-state index is -0.575. The summed E-state index contributed by atoms with van der Waals surface area (Å²) in [5.74, 6) is -0.333. The summed E-state index contributed by atoms with van der Waals surface area (Å²) in [7, 11) is 0. The molecule has 0 saturated carbocycles. The Kier molecular flexibility index (Phi) is 3.16. The van der Waals surface area contributed by atoms with Gasteiger partial charge in [-0.2, -0.15) is 0 Å². The number of thiophene rings is 1. The van der Waals surface area contributed by atoms with Gasteiger partial charge in [0, 0.05) is 59.3 Å². The van der Waals surface area contributed by atoms with Crippen molar-refractivity contribution in [3.8, 4) is 34.0 Å². The van der Waals surface area contributed by atoms with Crippen LogP contribution in [0.15, 0.2) is 138 Å². The number of anilines is 3. The first-order valence-corrected chi connectivity index (χ1v) is 13.7. The Morgan fingerprint density at radius 2 is 1.51 bits per heavy atom. The first kappa shape index (κ1) is 15.0. The number of nitrogens with zero attached hydrogens (tertiary/aromatic N) is 2. The van der Waals surface area contributed by atoms with E-state index in [-0.39, 0.29) is 74.7 Å². The van der Waals surface area contributed by atoms with Gasteiger partial charge in [0.2, 0.25) is 5.89 Å². The predicted molar refractivity (Wildman–Crippen MR) is 171 cm³/mol. The van der Waals surface area contributed by atoms with Gasteiger partial charge in [-0.15, -0.1) is 11.3 Å². The van der Waals surface area contributed by atoms with Crippen LogP contribution in [0.1, 0.15) is 13.7 Å². The van der Waals surface area contributed by atoms with Crippen LogP contribution in [0.4, 0.5) is 17.1 Å². The molecule has 1 aliphatic rings. The fourth-order valence-corrected chi connectivity index (χ4v) is 6.59. The zero-order valence-corrected chi connectivity index (χ0v) is 22.0. The first-order valence-electron chi connectivity index (χ1n) is 17.9. The number of para-hydroxylation sites is 1. The third-order valence-corrected chi connectivity index (χ3v) is 8.43. The summed E-state index contributed by atoms with van der Waals surface area (Å²) in [4.78, 5) is 6.38. The Bertz CT molecular complexity index is 2800. The van der Waals surface area contributed by atoms with E-state index >= 15 is 0 Å². The maximum Gasteiger partial charge on any atom is 0.227 e. The summed E-state index contributed by atoms with van der Waals surface area (Å²) in [6, 6.07) is 19.0. The van der Waals surface area contributed by atoms with E-state index in [1.165, 1.54) is 0 Å². The van der Waals surface area contributed by atoms with Crippen LogP contribution < -0.4 is 4.90 Å². The van der Waals surface area contributed by atoms with Crippen LogP contribution in [0.25, 0.3) is 65.0 Å². The van der Waals surface area contributed by atoms with Crippen molar-refractivity contribution in [2.45, 2.75) is 0 Å². The molecule has 0 unspecified atom stereocenters. The summed E-state index contributed by atoms with van der Waals surface area (Å²) in [6.45, 7) is 0. The topological polar surface area (TPSA) is 29.3 Å². The Balaban J connectivity index is 1.37. The molecule has 4 heteroatoms. The Morgan fingerprint density at radius 1 is 0.683 bits per heavy atom. The molecule has 0 aliphatic heterocycles. The van der Waals surface area contributed by atoms with Crippen molar-refractivity contribution in [1.82, 2.24) is 4.98 Å². The van der Waals surface area contributed by atoms with Crippen molar-refractivity contribution in [3.63, 3.8) is 0 Å². The largest absolute Gasteiger partial charge is 0.435 e. The Morgan fingerprint density at radius 3 is 2.41 bits per heavy atom. The molecule has 0 saturated heterocycles. The number of aromatic nitrogens is 1. The molecule has 9 rings (SSSR count). The van der Waals surface area contributed by atoms with Gasteiger partial charge in [-0.25, -0.2) is 4.98 Å². The van der Waals surface area contributed by atoms with Crippen LogP contribution in [-0.4, -0.2) is 4.98 Å². The van der Waals surface area contributed by atoms with E-state index in [9.17, 15) is 2.74 Å². The van der Waals surface area contributed by atoms with E-state index in [1.54, 1.807) is 16.2 Å². The third kappa shape index (κ3) is 3.41. The molecule has 3 nitrogen and oxygen atoms in total. The van der Waals surface area contributed by atoms with Gasteiger partial charge in [0.1, 0.15) is 5.69 Å². The average Bonchev–Trinajstić information content (AvgIpc) is 3.81. The molecule has 0 bridgehead atoms. The second-order valence-electron chi connectivity index (χ2n) is 9.62. The molecule has 2 aromatic heterocycles. The molecule has 1 aliphatic carbocycles. The third-order valence-electron chi connectivity index (χ3n) is 7.27. The molecule has 0 amide bonds. The van der Waals surface area contributed by atoms with Gasteiger partial charge in [-0.1, -0.05) is 72.7 Å². The van der Waals surface area contributed by atoms with Crippen LogP contribution in [0.2, 0.25) is 0 Å². The first-order chi connectivity index (χ1) is 24.5. The maximum atomic E-state index is 9.75. The van der Waals surface area contributed by atoms with Crippen LogP contribution in [0.5, 0.6) is 0 Å². The van der Waals surface area contributed by atoms with E-state index in [0.29, 0.717) is 11.4 Å². The quantitative estimate of drug-likeness (QED) is 0.217. The predicted octanol–water partition coefficient (Wildman–Crippen LogP) is 11.0. The minimum Gasteiger partial charge on any atom is -0.435 e. The average molecular weight is 553 g/mol. The van der Waals surface area contributed by atoms with Gasteiger partial charge in [0.25, 0.3) is 0 Å². The molecular weight excluding hydrogens is 520 g/mol. The number of benzene rings is 6. The van der Waals surface area contributed by atoms with Gasteiger partial charge in [0.15, 0.2) is 5.76 Å². The number of fused-ring (bicyclic) bond motifs is 6. The van der Waals surface area contributed by atoms with E-state index in [4.69, 9.17) is 15.4 Å². The summed E-state index contributed by atoms with van der Waals surface area (Å²) in [6.07, 6.45) is 0. The fraction of sp³-hybridized carbons (Fsp3) is 0. The normalized spacial score (nSPS) is 15.3. The molecule has 6 aromatic carbocycles. The lowest BCUT2D eigenvalue weighted by atomic mass is 10.0. The summed E-state index contributed by atoms with van der Waals surface area (Å²) in [5, 5.41) is 2.32. The molecule has 0 spiro atoms. The summed E-state index contributed by atoms with van der Waals surface area (Å²) >= 11 is 1.66. The molecule has 8 aromatic rings. The standard InChI is InChI=1S/C37H22N2OS/c1-3-10-23(11-4-1)37-38-35-31-22-27(20-24-12-9-16-29(34(24)31)36(35)40-37)39(25-13-5-2-6-14-25)26-18-19-33-30(21-26)28-15-7-8-17-32(28)41-33/h1-22H/i1D,3D,4D,9D,10D,11D,12D,16D,20D,22D. The van der Waals surface area contributed by atoms with Crippen molar-refractivity contribution in [2.24, 2.45) is 0 Å². The van der Waals surface area contributed by atoms with Gasteiger partial charge < -0.3 is 9.32 Å². The Labute approximate surface area is 254 Å². The van der Waals surface area contributed by atoms with Gasteiger partial charge >= 0.3 is 0 Å². The molecule has 0 atom stereocenters. The highest BCUT2D eigenvalue weighted by molar-refractivity contribution is 7.25. The molecular formula is C37H22N2OS. The maximum absolute atomic E-state index is 9.75. The minimum absolute atomic E-state index is 0.0298. The molecule has 192 valence electrons. The number of hydrogen-bond donors (Lipinski definition) is 0. The molecule has 41 heavy (non-hydrogen) atoms. The van der Waals surface area contributed by atoms with E-state index in [0.717, 1.165) is 20.2 Å². The van der Waals surface area contributed by atoms with E-state index in [1.807, 2.05) is 60.7 Å². The summed E-state index contributed by atoms with van der Waals surface area (Å²) < 4.78 is 95.6. The SMILES string of the molecule is [2H]c1c([2H])c([2H])c(-c2nc3c(o2)-c2c([2H])c([2H])c([2H])c4c([2H])c(N(c5ccccc5)c5ccc6sc7ccccc7c6c5)c([2H])c-3c24)c([2H])c1[2H]. The Hall–Kier alpha value is -5.19. The number of rotatable bonds is 4. The van der Waals surface area contributed by atoms with Crippen molar-refractivity contribution < 1.29 is 18.1 Å². The second kappa shape index (κ2) is 8.65. The lowest BCUT2D eigenvalue weighted by molar-refractivity contribution is 0.590. The summed E-state index contributed by atoms with van der Waals surface area (Å²) in [5.41, 5.74) is 1.40. The lowest BCUT2D eigenvalue weighted by Crippen LogP contribution is -2.10. The van der Waals surface area contributed by atoms with Crippen LogP contribution in [-0.2, 0) is 0 Å². The van der Waals surface area contributed by atoms with Gasteiger partial charge in [-0.3, -0.25) is 0 Å².